The number of imide groups is 1. The summed E-state index contributed by atoms with van der Waals surface area (Å²) in [5.74, 6) is -0.445. The van der Waals surface area contributed by atoms with Crippen molar-refractivity contribution in [1.29, 1.82) is 0 Å². The minimum atomic E-state index is -3.08. The van der Waals surface area contributed by atoms with Crippen LogP contribution in [0.25, 0.3) is 0 Å². The number of benzene rings is 1. The molecule has 3 amide bonds. The standard InChI is InChI=1S/C16H22N4O4S/c17-13-4-1-5-14-12(13)3-2-7-20(14)9-15(21)19-16(22)18-11-6-8-25(23,24)10-11/h1,4-5,11H,2-3,6-10,17H2,(H2,18,19,21,22). The summed E-state index contributed by atoms with van der Waals surface area (Å²) in [6.45, 7) is 0.763. The molecule has 1 atom stereocenters. The van der Waals surface area contributed by atoms with Crippen LogP contribution in [0.4, 0.5) is 16.2 Å². The van der Waals surface area contributed by atoms with Crippen LogP contribution >= 0.6 is 0 Å². The van der Waals surface area contributed by atoms with Crippen LogP contribution in [-0.2, 0) is 21.1 Å². The van der Waals surface area contributed by atoms with Gasteiger partial charge < -0.3 is 16.0 Å². The second-order valence-electron chi connectivity index (χ2n) is 6.49. The number of sulfone groups is 1. The van der Waals surface area contributed by atoms with Crippen LogP contribution in [0, 0.1) is 0 Å². The van der Waals surface area contributed by atoms with E-state index in [2.05, 4.69) is 10.6 Å². The molecule has 25 heavy (non-hydrogen) atoms. The van der Waals surface area contributed by atoms with Crippen LogP contribution < -0.4 is 21.3 Å². The molecular formula is C16H22N4O4S. The van der Waals surface area contributed by atoms with E-state index in [9.17, 15) is 18.0 Å². The summed E-state index contributed by atoms with van der Waals surface area (Å²) in [5.41, 5.74) is 8.65. The molecule has 0 radical (unpaired) electrons. The number of anilines is 2. The zero-order chi connectivity index (χ0) is 18.0. The summed E-state index contributed by atoms with van der Waals surface area (Å²) < 4.78 is 22.8. The van der Waals surface area contributed by atoms with Crippen molar-refractivity contribution in [2.45, 2.75) is 25.3 Å². The fraction of sp³-hybridized carbons (Fsp3) is 0.500. The molecule has 4 N–H and O–H groups in total. The first kappa shape index (κ1) is 17.5. The van der Waals surface area contributed by atoms with E-state index >= 15 is 0 Å². The van der Waals surface area contributed by atoms with Gasteiger partial charge in [0, 0.05) is 24.0 Å². The summed E-state index contributed by atoms with van der Waals surface area (Å²) in [4.78, 5) is 25.9. The Morgan fingerprint density at radius 3 is 2.84 bits per heavy atom. The first-order valence-electron chi connectivity index (χ1n) is 8.27. The highest BCUT2D eigenvalue weighted by molar-refractivity contribution is 7.91. The van der Waals surface area contributed by atoms with Crippen molar-refractivity contribution in [2.75, 3.05) is 35.2 Å². The van der Waals surface area contributed by atoms with E-state index in [-0.39, 0.29) is 18.1 Å². The van der Waals surface area contributed by atoms with Gasteiger partial charge in [-0.3, -0.25) is 10.1 Å². The molecule has 0 aromatic heterocycles. The lowest BCUT2D eigenvalue weighted by Gasteiger charge is -2.31. The van der Waals surface area contributed by atoms with E-state index in [4.69, 9.17) is 5.73 Å². The summed E-state index contributed by atoms with van der Waals surface area (Å²) in [6, 6.07) is 4.51. The number of nitrogens with two attached hydrogens (primary N) is 1. The number of hydrogen-bond acceptors (Lipinski definition) is 6. The molecule has 2 aliphatic heterocycles. The van der Waals surface area contributed by atoms with Crippen LogP contribution in [0.15, 0.2) is 18.2 Å². The molecule has 0 bridgehead atoms. The van der Waals surface area contributed by atoms with Gasteiger partial charge in [0.15, 0.2) is 9.84 Å². The second-order valence-corrected chi connectivity index (χ2v) is 8.72. The predicted octanol–water partition coefficient (Wildman–Crippen LogP) is 0.0343. The van der Waals surface area contributed by atoms with Gasteiger partial charge in [0.2, 0.25) is 5.91 Å². The Morgan fingerprint density at radius 1 is 1.32 bits per heavy atom. The molecule has 0 saturated carbocycles. The molecule has 1 saturated heterocycles. The van der Waals surface area contributed by atoms with Gasteiger partial charge in [0.25, 0.3) is 0 Å². The maximum Gasteiger partial charge on any atom is 0.321 e. The van der Waals surface area contributed by atoms with Gasteiger partial charge in [-0.25, -0.2) is 13.2 Å². The Morgan fingerprint density at radius 2 is 2.12 bits per heavy atom. The molecule has 8 nitrogen and oxygen atoms in total. The van der Waals surface area contributed by atoms with E-state index in [1.54, 1.807) is 0 Å². The van der Waals surface area contributed by atoms with Crippen molar-refractivity contribution in [3.63, 3.8) is 0 Å². The van der Waals surface area contributed by atoms with Crippen LogP contribution in [0.3, 0.4) is 0 Å². The minimum Gasteiger partial charge on any atom is -0.398 e. The Bertz CT molecular complexity index is 793. The topological polar surface area (TPSA) is 122 Å². The average molecular weight is 366 g/mol. The zero-order valence-electron chi connectivity index (χ0n) is 13.8. The van der Waals surface area contributed by atoms with E-state index in [0.29, 0.717) is 18.7 Å². The number of fused-ring (bicyclic) bond motifs is 1. The first-order chi connectivity index (χ1) is 11.8. The Kier molecular flexibility index (Phi) is 4.85. The molecule has 1 unspecified atom stereocenters. The summed E-state index contributed by atoms with van der Waals surface area (Å²) in [6.07, 6.45) is 2.14. The van der Waals surface area contributed by atoms with Crippen molar-refractivity contribution in [3.8, 4) is 0 Å². The lowest BCUT2D eigenvalue weighted by atomic mass is 10.00. The number of nitrogens with zero attached hydrogens (tertiary/aromatic N) is 1. The highest BCUT2D eigenvalue weighted by atomic mass is 32.2. The Hall–Kier alpha value is -2.29. The maximum atomic E-state index is 12.2. The third kappa shape index (κ3) is 4.22. The summed E-state index contributed by atoms with van der Waals surface area (Å²) in [5, 5.41) is 4.81. The number of carbonyl (C=O) groups is 2. The van der Waals surface area contributed by atoms with Crippen molar-refractivity contribution < 1.29 is 18.0 Å². The molecule has 9 heteroatoms. The third-order valence-electron chi connectivity index (χ3n) is 4.54. The molecule has 0 aliphatic carbocycles. The average Bonchev–Trinajstić information content (AvgIpc) is 2.86. The molecule has 2 heterocycles. The van der Waals surface area contributed by atoms with Gasteiger partial charge in [-0.05, 0) is 37.0 Å². The smallest absolute Gasteiger partial charge is 0.321 e. The number of nitrogen functional groups attached to an aromatic ring is 1. The van der Waals surface area contributed by atoms with Crippen LogP contribution in [0.2, 0.25) is 0 Å². The Balaban J connectivity index is 1.55. The summed E-state index contributed by atoms with van der Waals surface area (Å²) >= 11 is 0. The molecule has 0 spiro atoms. The number of nitrogens with one attached hydrogen (secondary N) is 2. The predicted molar refractivity (Wildman–Crippen MR) is 95.1 cm³/mol. The summed E-state index contributed by atoms with van der Waals surface area (Å²) in [7, 11) is -3.08. The largest absolute Gasteiger partial charge is 0.398 e. The SMILES string of the molecule is Nc1cccc2c1CCCN2CC(=O)NC(=O)NC1CCS(=O)(=O)C1. The van der Waals surface area contributed by atoms with E-state index in [0.717, 1.165) is 24.1 Å². The highest BCUT2D eigenvalue weighted by Gasteiger charge is 2.29. The van der Waals surface area contributed by atoms with E-state index in [1.807, 2.05) is 23.1 Å². The van der Waals surface area contributed by atoms with Crippen LogP contribution in [0.1, 0.15) is 18.4 Å². The lowest BCUT2D eigenvalue weighted by Crippen LogP contribution is -2.48. The van der Waals surface area contributed by atoms with Crippen molar-refractivity contribution in [1.82, 2.24) is 10.6 Å². The van der Waals surface area contributed by atoms with Gasteiger partial charge in [-0.2, -0.15) is 0 Å². The van der Waals surface area contributed by atoms with Crippen molar-refractivity contribution in [2.24, 2.45) is 0 Å². The van der Waals surface area contributed by atoms with Gasteiger partial charge in [-0.15, -0.1) is 0 Å². The van der Waals surface area contributed by atoms with Gasteiger partial charge in [0.05, 0.1) is 18.1 Å². The van der Waals surface area contributed by atoms with Crippen molar-refractivity contribution >= 4 is 33.2 Å². The number of urea groups is 1. The zero-order valence-corrected chi connectivity index (χ0v) is 14.6. The number of hydrogen-bond donors (Lipinski definition) is 3. The number of rotatable bonds is 3. The fourth-order valence-electron chi connectivity index (χ4n) is 3.36. The number of amides is 3. The molecule has 1 aromatic carbocycles. The lowest BCUT2D eigenvalue weighted by molar-refractivity contribution is -0.118. The minimum absolute atomic E-state index is 0.0485. The molecular weight excluding hydrogens is 344 g/mol. The second kappa shape index (κ2) is 6.91. The van der Waals surface area contributed by atoms with E-state index < -0.39 is 27.8 Å². The van der Waals surface area contributed by atoms with Gasteiger partial charge in [0.1, 0.15) is 0 Å². The molecule has 3 rings (SSSR count). The first-order valence-corrected chi connectivity index (χ1v) is 10.1. The maximum absolute atomic E-state index is 12.2. The quantitative estimate of drug-likeness (QED) is 0.649. The third-order valence-corrected chi connectivity index (χ3v) is 6.31. The monoisotopic (exact) mass is 366 g/mol. The Labute approximate surface area is 146 Å². The van der Waals surface area contributed by atoms with Crippen LogP contribution in [-0.4, -0.2) is 51.0 Å². The van der Waals surface area contributed by atoms with Crippen LogP contribution in [0.5, 0.6) is 0 Å². The van der Waals surface area contributed by atoms with Crippen molar-refractivity contribution in [3.05, 3.63) is 23.8 Å². The van der Waals surface area contributed by atoms with Gasteiger partial charge >= 0.3 is 6.03 Å². The molecule has 2 aliphatic rings. The normalized spacial score (nSPS) is 21.4. The number of carbonyl (C=O) groups excluding carboxylic acids is 2. The molecule has 1 fully saturated rings. The fourth-order valence-corrected chi connectivity index (χ4v) is 5.04. The van der Waals surface area contributed by atoms with Gasteiger partial charge in [-0.1, -0.05) is 6.07 Å². The molecule has 136 valence electrons. The molecule has 1 aromatic rings. The highest BCUT2D eigenvalue weighted by Crippen LogP contribution is 2.30. The van der Waals surface area contributed by atoms with E-state index in [1.165, 1.54) is 0 Å².